The van der Waals surface area contributed by atoms with Crippen molar-refractivity contribution in [2.75, 3.05) is 17.6 Å². The minimum absolute atomic E-state index is 0.0699. The van der Waals surface area contributed by atoms with Gasteiger partial charge in [0.25, 0.3) is 11.8 Å². The van der Waals surface area contributed by atoms with Crippen molar-refractivity contribution in [1.29, 1.82) is 0 Å². The number of benzene rings is 2. The summed E-state index contributed by atoms with van der Waals surface area (Å²) in [6, 6.07) is 14.4. The fourth-order valence-electron chi connectivity index (χ4n) is 3.17. The first kappa shape index (κ1) is 15.3. The number of aromatic nitrogens is 1. The predicted molar refractivity (Wildman–Crippen MR) is 97.7 cm³/mol. The van der Waals surface area contributed by atoms with Gasteiger partial charge in [0.15, 0.2) is 0 Å². The lowest BCUT2D eigenvalue weighted by atomic mass is 10.1. The lowest BCUT2D eigenvalue weighted by Gasteiger charge is -2.08. The van der Waals surface area contributed by atoms with E-state index in [0.717, 1.165) is 23.9 Å². The molecule has 3 aromatic rings. The Morgan fingerprint density at radius 2 is 2.04 bits per heavy atom. The third-order valence-electron chi connectivity index (χ3n) is 4.39. The van der Waals surface area contributed by atoms with Gasteiger partial charge < -0.3 is 20.9 Å². The molecule has 1 aliphatic rings. The van der Waals surface area contributed by atoms with E-state index in [0.29, 0.717) is 29.2 Å². The van der Waals surface area contributed by atoms with Crippen LogP contribution in [0.1, 0.15) is 27.3 Å². The number of fused-ring (bicyclic) bond motifs is 3. The summed E-state index contributed by atoms with van der Waals surface area (Å²) in [5.74, 6) is -0.277. The summed E-state index contributed by atoms with van der Waals surface area (Å²) < 4.78 is 1.98. The zero-order chi connectivity index (χ0) is 17.4. The van der Waals surface area contributed by atoms with E-state index in [9.17, 15) is 9.59 Å². The van der Waals surface area contributed by atoms with Gasteiger partial charge in [0.05, 0.1) is 0 Å². The lowest BCUT2D eigenvalue weighted by molar-refractivity contribution is 0.0950. The van der Waals surface area contributed by atoms with E-state index in [1.807, 2.05) is 22.8 Å². The van der Waals surface area contributed by atoms with Crippen LogP contribution in [0, 0.1) is 0 Å². The summed E-state index contributed by atoms with van der Waals surface area (Å²) >= 11 is 0. The molecule has 4 N–H and O–H groups in total. The van der Waals surface area contributed by atoms with Gasteiger partial charge in [0, 0.05) is 40.9 Å². The number of nitrogen functional groups attached to an aromatic ring is 1. The molecule has 0 fully saturated rings. The molecule has 2 amide bonds. The Morgan fingerprint density at radius 3 is 2.88 bits per heavy atom. The monoisotopic (exact) mass is 334 g/mol. The fourth-order valence-corrected chi connectivity index (χ4v) is 3.17. The zero-order valence-electron chi connectivity index (χ0n) is 13.6. The molecule has 0 atom stereocenters. The summed E-state index contributed by atoms with van der Waals surface area (Å²) in [6.07, 6.45) is 0.863. The molecular weight excluding hydrogens is 316 g/mol. The fraction of sp³-hybridized carbons (Fsp3) is 0.158. The molecule has 0 radical (unpaired) electrons. The number of carbonyl (C=O) groups is 2. The van der Waals surface area contributed by atoms with Crippen LogP contribution in [-0.4, -0.2) is 22.9 Å². The number of amides is 2. The Hall–Kier alpha value is -3.28. The second kappa shape index (κ2) is 5.98. The van der Waals surface area contributed by atoms with Crippen LogP contribution in [0.3, 0.4) is 0 Å². The van der Waals surface area contributed by atoms with Crippen LogP contribution in [0.2, 0.25) is 0 Å². The van der Waals surface area contributed by atoms with Crippen LogP contribution >= 0.6 is 0 Å². The molecule has 6 heteroatoms. The lowest BCUT2D eigenvalue weighted by Crippen LogP contribution is -2.22. The van der Waals surface area contributed by atoms with Crippen molar-refractivity contribution >= 4 is 34.1 Å². The summed E-state index contributed by atoms with van der Waals surface area (Å²) in [4.78, 5) is 24.7. The van der Waals surface area contributed by atoms with Crippen LogP contribution in [0.5, 0.6) is 0 Å². The number of nitrogens with zero attached hydrogens (tertiary/aromatic N) is 1. The van der Waals surface area contributed by atoms with E-state index in [4.69, 9.17) is 5.73 Å². The van der Waals surface area contributed by atoms with E-state index in [-0.39, 0.29) is 11.8 Å². The van der Waals surface area contributed by atoms with Gasteiger partial charge in [0.1, 0.15) is 5.69 Å². The van der Waals surface area contributed by atoms with E-state index in [1.54, 1.807) is 30.3 Å². The molecule has 4 rings (SSSR count). The van der Waals surface area contributed by atoms with E-state index in [1.165, 1.54) is 0 Å². The molecular formula is C19H18N4O2. The van der Waals surface area contributed by atoms with Gasteiger partial charge in [0.2, 0.25) is 0 Å². The third-order valence-corrected chi connectivity index (χ3v) is 4.39. The average molecular weight is 334 g/mol. The highest BCUT2D eigenvalue weighted by Crippen LogP contribution is 2.24. The molecule has 25 heavy (non-hydrogen) atoms. The maximum atomic E-state index is 12.6. The number of nitrogens with two attached hydrogens (primary N) is 1. The Labute approximate surface area is 144 Å². The highest BCUT2D eigenvalue weighted by molar-refractivity contribution is 6.07. The molecule has 126 valence electrons. The number of hydrogen-bond acceptors (Lipinski definition) is 3. The molecule has 6 nitrogen and oxygen atoms in total. The van der Waals surface area contributed by atoms with Crippen molar-refractivity contribution in [2.45, 2.75) is 13.0 Å². The number of nitrogens with one attached hydrogen (secondary N) is 2. The number of anilines is 2. The van der Waals surface area contributed by atoms with Crippen LogP contribution < -0.4 is 16.4 Å². The van der Waals surface area contributed by atoms with Crippen molar-refractivity contribution < 1.29 is 9.59 Å². The van der Waals surface area contributed by atoms with E-state index in [2.05, 4.69) is 10.6 Å². The molecule has 2 heterocycles. The molecule has 0 aliphatic carbocycles. The second-order valence-corrected chi connectivity index (χ2v) is 6.14. The quantitative estimate of drug-likeness (QED) is 0.629. The van der Waals surface area contributed by atoms with Crippen molar-refractivity contribution in [1.82, 2.24) is 9.88 Å². The number of hydrogen-bond donors (Lipinski definition) is 3. The van der Waals surface area contributed by atoms with Gasteiger partial charge in [-0.1, -0.05) is 12.1 Å². The van der Waals surface area contributed by atoms with Crippen molar-refractivity contribution in [3.63, 3.8) is 0 Å². The van der Waals surface area contributed by atoms with Crippen molar-refractivity contribution in [3.05, 3.63) is 59.8 Å². The molecule has 0 unspecified atom stereocenters. The average Bonchev–Trinajstić information content (AvgIpc) is 2.86. The Bertz CT molecular complexity index is 990. The standard InChI is InChI=1S/C19H18N4O2/c20-14-3-1-4-15(11-14)22-18(24)13-6-5-12-9-17-19(25)21-7-2-8-23(17)16(12)10-13/h1,3-6,9-11H,2,7-8,20H2,(H,21,25)(H,22,24). The normalized spacial score (nSPS) is 13.8. The highest BCUT2D eigenvalue weighted by atomic mass is 16.2. The van der Waals surface area contributed by atoms with Gasteiger partial charge in [-0.15, -0.1) is 0 Å². The molecule has 0 saturated heterocycles. The Morgan fingerprint density at radius 1 is 1.16 bits per heavy atom. The summed E-state index contributed by atoms with van der Waals surface area (Å²) in [5, 5.41) is 6.69. The molecule has 1 aliphatic heterocycles. The topological polar surface area (TPSA) is 89.2 Å². The first-order valence-corrected chi connectivity index (χ1v) is 8.20. The van der Waals surface area contributed by atoms with E-state index < -0.39 is 0 Å². The van der Waals surface area contributed by atoms with Crippen LogP contribution in [-0.2, 0) is 6.54 Å². The zero-order valence-corrected chi connectivity index (χ0v) is 13.6. The van der Waals surface area contributed by atoms with Crippen LogP contribution in [0.25, 0.3) is 10.9 Å². The highest BCUT2D eigenvalue weighted by Gasteiger charge is 2.19. The number of carbonyl (C=O) groups excluding carboxylic acids is 2. The molecule has 1 aromatic heterocycles. The molecule has 0 spiro atoms. The predicted octanol–water partition coefficient (Wildman–Crippen LogP) is 2.61. The largest absolute Gasteiger partial charge is 0.399 e. The Kier molecular flexibility index (Phi) is 3.65. The van der Waals surface area contributed by atoms with E-state index >= 15 is 0 Å². The smallest absolute Gasteiger partial charge is 0.267 e. The summed E-state index contributed by atoms with van der Waals surface area (Å²) in [7, 11) is 0. The summed E-state index contributed by atoms with van der Waals surface area (Å²) in [5.41, 5.74) is 9.07. The molecule has 2 aromatic carbocycles. The SMILES string of the molecule is Nc1cccc(NC(=O)c2ccc3cc4n(c3c2)CCCNC4=O)c1. The maximum Gasteiger partial charge on any atom is 0.267 e. The molecule has 0 bridgehead atoms. The first-order valence-electron chi connectivity index (χ1n) is 8.20. The van der Waals surface area contributed by atoms with Gasteiger partial charge in [-0.2, -0.15) is 0 Å². The van der Waals surface area contributed by atoms with Gasteiger partial charge in [-0.25, -0.2) is 0 Å². The van der Waals surface area contributed by atoms with Gasteiger partial charge in [-0.3, -0.25) is 9.59 Å². The number of aryl methyl sites for hydroxylation is 1. The first-order chi connectivity index (χ1) is 12.1. The maximum absolute atomic E-state index is 12.6. The van der Waals surface area contributed by atoms with Gasteiger partial charge in [-0.05, 0) is 42.8 Å². The molecule has 0 saturated carbocycles. The summed E-state index contributed by atoms with van der Waals surface area (Å²) in [6.45, 7) is 1.41. The third kappa shape index (κ3) is 2.82. The minimum atomic E-state index is -0.207. The van der Waals surface area contributed by atoms with Crippen molar-refractivity contribution in [2.24, 2.45) is 0 Å². The second-order valence-electron chi connectivity index (χ2n) is 6.14. The van der Waals surface area contributed by atoms with Crippen molar-refractivity contribution in [3.8, 4) is 0 Å². The van der Waals surface area contributed by atoms with Crippen LogP contribution in [0.4, 0.5) is 11.4 Å². The minimum Gasteiger partial charge on any atom is -0.399 e. The van der Waals surface area contributed by atoms with Crippen LogP contribution in [0.15, 0.2) is 48.5 Å². The van der Waals surface area contributed by atoms with Gasteiger partial charge >= 0.3 is 0 Å². The Balaban J connectivity index is 1.70. The number of rotatable bonds is 2.